The number of benzene rings is 7. The van der Waals surface area contributed by atoms with Gasteiger partial charge in [-0.25, -0.2) is 4.98 Å². The summed E-state index contributed by atoms with van der Waals surface area (Å²) >= 11 is 0. The molecule has 0 spiro atoms. The SMILES string of the molecule is C1=NC(c2cccc([Si](c3ccccc3)(c3ccccc3)c3ccc4c5ccc6c(c7ccccc7n6-c6ccccc6)c5n(-c5ccccn5)c4c3)c2)N=C1. The normalized spacial score (nSPS) is 13.1. The highest BCUT2D eigenvalue weighted by Crippen LogP contribution is 2.41. The van der Waals surface area contributed by atoms with Gasteiger partial charge in [-0.3, -0.25) is 14.6 Å². The maximum absolute atomic E-state index is 5.04. The Balaban J connectivity index is 1.29. The topological polar surface area (TPSA) is 47.5 Å². The van der Waals surface area contributed by atoms with E-state index in [1.54, 1.807) is 12.4 Å². The first-order chi connectivity index (χ1) is 27.8. The van der Waals surface area contributed by atoms with Gasteiger partial charge in [0.1, 0.15) is 5.82 Å². The first kappa shape index (κ1) is 32.3. The van der Waals surface area contributed by atoms with E-state index in [9.17, 15) is 0 Å². The Bertz CT molecular complexity index is 3080. The fourth-order valence-corrected chi connectivity index (χ4v) is 13.9. The van der Waals surface area contributed by atoms with Gasteiger partial charge in [0.2, 0.25) is 0 Å². The summed E-state index contributed by atoms with van der Waals surface area (Å²) < 4.78 is 4.80. The summed E-state index contributed by atoms with van der Waals surface area (Å²) in [5, 5.41) is 10.0. The van der Waals surface area contributed by atoms with Crippen molar-refractivity contribution in [1.29, 1.82) is 0 Å². The Morgan fingerprint density at radius 1 is 0.429 bits per heavy atom. The lowest BCUT2D eigenvalue weighted by atomic mass is 10.1. The minimum absolute atomic E-state index is 0.234. The molecule has 0 aliphatic carbocycles. The quantitative estimate of drug-likeness (QED) is 0.119. The van der Waals surface area contributed by atoms with Crippen molar-refractivity contribution in [3.63, 3.8) is 0 Å². The average molecular weight is 734 g/mol. The molecule has 5 nitrogen and oxygen atoms in total. The minimum Gasteiger partial charge on any atom is -0.309 e. The molecule has 1 aliphatic heterocycles. The maximum Gasteiger partial charge on any atom is 0.179 e. The fourth-order valence-electron chi connectivity index (χ4n) is 9.13. The number of rotatable bonds is 7. The third-order valence-electron chi connectivity index (χ3n) is 11.4. The minimum atomic E-state index is -2.95. The number of aliphatic imine (C=N–C) groups is 2. The molecule has 56 heavy (non-hydrogen) atoms. The van der Waals surface area contributed by atoms with Gasteiger partial charge in [-0.15, -0.1) is 0 Å². The van der Waals surface area contributed by atoms with E-state index in [4.69, 9.17) is 4.98 Å². The highest BCUT2D eigenvalue weighted by Gasteiger charge is 2.42. The Hall–Kier alpha value is -7.15. The van der Waals surface area contributed by atoms with E-state index >= 15 is 0 Å². The van der Waals surface area contributed by atoms with Crippen LogP contribution in [0.2, 0.25) is 0 Å². The van der Waals surface area contributed by atoms with Crippen molar-refractivity contribution >= 4 is 84.9 Å². The Morgan fingerprint density at radius 2 is 1.07 bits per heavy atom. The van der Waals surface area contributed by atoms with E-state index in [1.165, 1.54) is 47.8 Å². The van der Waals surface area contributed by atoms with Crippen molar-refractivity contribution in [2.75, 3.05) is 0 Å². The third kappa shape index (κ3) is 4.83. The number of hydrogen-bond acceptors (Lipinski definition) is 3. The standard InChI is InChI=1S/C50H35N5Si/c1-4-16-36(17-5-1)54-44-24-11-10-23-43(44)48-45(54)29-28-42-41-27-26-40(34-46(41)55(49(42)48)47-25-12-13-30-51-47)56(37-18-6-2-7-19-37,38-20-8-3-9-21-38)39-22-14-15-35(33-39)50-52-31-32-53-50/h1-34,50H. The van der Waals surface area contributed by atoms with Crippen molar-refractivity contribution in [2.24, 2.45) is 9.98 Å². The van der Waals surface area contributed by atoms with Gasteiger partial charge in [0, 0.05) is 45.9 Å². The highest BCUT2D eigenvalue weighted by molar-refractivity contribution is 7.20. The maximum atomic E-state index is 5.04. The van der Waals surface area contributed by atoms with Gasteiger partial charge in [0.25, 0.3) is 0 Å². The lowest BCUT2D eigenvalue weighted by molar-refractivity contribution is 0.803. The zero-order chi connectivity index (χ0) is 37.1. The van der Waals surface area contributed by atoms with Crippen LogP contribution in [0, 0.1) is 0 Å². The van der Waals surface area contributed by atoms with Crippen LogP contribution in [0.5, 0.6) is 0 Å². The van der Waals surface area contributed by atoms with E-state index in [-0.39, 0.29) is 6.17 Å². The highest BCUT2D eigenvalue weighted by atomic mass is 28.3. The molecule has 0 saturated heterocycles. The van der Waals surface area contributed by atoms with E-state index in [2.05, 4.69) is 201 Å². The molecule has 1 aliphatic rings. The molecular weight excluding hydrogens is 699 g/mol. The molecule has 11 rings (SSSR count). The number of nitrogens with zero attached hydrogens (tertiary/aromatic N) is 5. The number of pyridine rings is 1. The number of hydrogen-bond donors (Lipinski definition) is 0. The molecular formula is C50H35N5Si. The van der Waals surface area contributed by atoms with E-state index in [0.29, 0.717) is 0 Å². The van der Waals surface area contributed by atoms with Crippen LogP contribution in [0.1, 0.15) is 11.7 Å². The molecule has 7 aromatic carbocycles. The van der Waals surface area contributed by atoms with Gasteiger partial charge in [-0.1, -0.05) is 146 Å². The third-order valence-corrected chi connectivity index (χ3v) is 16.2. The van der Waals surface area contributed by atoms with Crippen LogP contribution in [0.3, 0.4) is 0 Å². The van der Waals surface area contributed by atoms with Crippen molar-refractivity contribution < 1.29 is 0 Å². The number of fused-ring (bicyclic) bond motifs is 7. The lowest BCUT2D eigenvalue weighted by Gasteiger charge is -2.35. The second kappa shape index (κ2) is 13.0. The van der Waals surface area contributed by atoms with Gasteiger partial charge < -0.3 is 4.57 Å². The van der Waals surface area contributed by atoms with Crippen LogP contribution in [-0.2, 0) is 0 Å². The second-order valence-corrected chi connectivity index (χ2v) is 18.2. The van der Waals surface area contributed by atoms with Gasteiger partial charge >= 0.3 is 0 Å². The lowest BCUT2D eigenvalue weighted by Crippen LogP contribution is -2.74. The van der Waals surface area contributed by atoms with Crippen molar-refractivity contribution in [3.05, 3.63) is 200 Å². The summed E-state index contributed by atoms with van der Waals surface area (Å²) in [7, 11) is -2.95. The fraction of sp³-hybridized carbons (Fsp3) is 0.0200. The molecule has 10 aromatic rings. The van der Waals surface area contributed by atoms with Crippen LogP contribution < -0.4 is 20.7 Å². The summed E-state index contributed by atoms with van der Waals surface area (Å²) in [6.07, 6.45) is 5.27. The zero-order valence-corrected chi connectivity index (χ0v) is 31.4. The molecule has 3 aromatic heterocycles. The molecule has 4 heterocycles. The van der Waals surface area contributed by atoms with Gasteiger partial charge in [-0.05, 0) is 68.8 Å². The van der Waals surface area contributed by atoms with Gasteiger partial charge in [-0.2, -0.15) is 0 Å². The average Bonchev–Trinajstić information content (AvgIpc) is 4.01. The van der Waals surface area contributed by atoms with Crippen LogP contribution in [0.4, 0.5) is 0 Å². The summed E-state index contributed by atoms with van der Waals surface area (Å²) in [6.45, 7) is 0. The molecule has 0 bridgehead atoms. The number of aromatic nitrogens is 3. The predicted octanol–water partition coefficient (Wildman–Crippen LogP) is 8.81. The molecule has 6 heteroatoms. The first-order valence-electron chi connectivity index (χ1n) is 19.0. The Labute approximate surface area is 325 Å². The molecule has 0 fully saturated rings. The predicted molar refractivity (Wildman–Crippen MR) is 236 cm³/mol. The first-order valence-corrected chi connectivity index (χ1v) is 21.0. The number of para-hydroxylation sites is 2. The van der Waals surface area contributed by atoms with Gasteiger partial charge in [0.15, 0.2) is 14.2 Å². The molecule has 0 radical (unpaired) electrons. The van der Waals surface area contributed by atoms with Crippen LogP contribution >= 0.6 is 0 Å². The van der Waals surface area contributed by atoms with Crippen LogP contribution in [0.25, 0.3) is 55.1 Å². The zero-order valence-electron chi connectivity index (χ0n) is 30.4. The van der Waals surface area contributed by atoms with E-state index < -0.39 is 8.07 Å². The van der Waals surface area contributed by atoms with Crippen LogP contribution in [-0.4, -0.2) is 34.6 Å². The monoisotopic (exact) mass is 733 g/mol. The second-order valence-electron chi connectivity index (χ2n) is 14.4. The molecule has 0 saturated carbocycles. The van der Waals surface area contributed by atoms with Crippen molar-refractivity contribution in [1.82, 2.24) is 14.1 Å². The van der Waals surface area contributed by atoms with E-state index in [0.717, 1.165) is 33.6 Å². The Kier molecular flexibility index (Phi) is 7.50. The Morgan fingerprint density at radius 3 is 1.80 bits per heavy atom. The summed E-state index contributed by atoms with van der Waals surface area (Å²) in [5.74, 6) is 0.888. The summed E-state index contributed by atoms with van der Waals surface area (Å²) in [4.78, 5) is 14.4. The van der Waals surface area contributed by atoms with Crippen LogP contribution in [0.15, 0.2) is 204 Å². The molecule has 0 atom stereocenters. The largest absolute Gasteiger partial charge is 0.309 e. The van der Waals surface area contributed by atoms with Crippen molar-refractivity contribution in [3.8, 4) is 11.5 Å². The van der Waals surface area contributed by atoms with Gasteiger partial charge in [0.05, 0.1) is 22.1 Å². The van der Waals surface area contributed by atoms with E-state index in [1.807, 2.05) is 12.3 Å². The summed E-state index contributed by atoms with van der Waals surface area (Å²) in [6, 6.07) is 68.7. The van der Waals surface area contributed by atoms with Crippen molar-refractivity contribution in [2.45, 2.75) is 6.17 Å². The molecule has 0 N–H and O–H groups in total. The smallest absolute Gasteiger partial charge is 0.179 e. The molecule has 264 valence electrons. The molecule has 0 unspecified atom stereocenters. The summed E-state index contributed by atoms with van der Waals surface area (Å²) in [5.41, 5.74) is 6.86. The molecule has 0 amide bonds.